The first kappa shape index (κ1) is 30.6. The third kappa shape index (κ3) is 5.53. The van der Waals surface area contributed by atoms with Crippen LogP contribution in [0, 0.1) is 0 Å². The van der Waals surface area contributed by atoms with E-state index in [1.807, 2.05) is 6.07 Å². The molecule has 14 nitrogen and oxygen atoms in total. The molecule has 0 bridgehead atoms. The number of phenolic OH excluding ortho intramolecular Hbond substituents is 1. The molecular formula is C29H28N6O8S2. The number of nitrogens with one attached hydrogen (secondary N) is 1. The van der Waals surface area contributed by atoms with Crippen LogP contribution >= 0.6 is 23.5 Å². The highest BCUT2D eigenvalue weighted by molar-refractivity contribution is 8.01. The molecule has 2 aromatic carbocycles. The van der Waals surface area contributed by atoms with Crippen LogP contribution in [0.4, 0.5) is 0 Å². The number of tetrazole rings is 1. The van der Waals surface area contributed by atoms with Crippen LogP contribution in [0.5, 0.6) is 11.5 Å². The summed E-state index contributed by atoms with van der Waals surface area (Å²) in [6.07, 6.45) is 2.82. The fourth-order valence-corrected chi connectivity index (χ4v) is 8.08. The minimum atomic E-state index is -1.95. The van der Waals surface area contributed by atoms with Gasteiger partial charge in [-0.2, -0.15) is 0 Å². The zero-order valence-corrected chi connectivity index (χ0v) is 25.8. The molecule has 1 fully saturated rings. The second-order valence-corrected chi connectivity index (χ2v) is 12.6. The van der Waals surface area contributed by atoms with Crippen LogP contribution in [0.25, 0.3) is 0 Å². The summed E-state index contributed by atoms with van der Waals surface area (Å²) in [6, 6.07) is 10.8. The Morgan fingerprint density at radius 2 is 1.93 bits per heavy atom. The van der Waals surface area contributed by atoms with Crippen molar-refractivity contribution in [2.75, 3.05) is 18.6 Å². The monoisotopic (exact) mass is 652 g/mol. The van der Waals surface area contributed by atoms with Crippen molar-refractivity contribution in [3.8, 4) is 11.5 Å². The molecule has 6 rings (SSSR count). The third-order valence-corrected chi connectivity index (χ3v) is 10.4. The molecule has 3 aromatic rings. The number of nitrogens with zero attached hydrogens (tertiary/aromatic N) is 5. The first-order chi connectivity index (χ1) is 21.6. The second-order valence-electron chi connectivity index (χ2n) is 10.6. The minimum absolute atomic E-state index is 0.0703. The Bertz CT molecular complexity index is 1730. The molecule has 1 unspecified atom stereocenters. The number of aryl methyl sites for hydroxylation is 3. The predicted molar refractivity (Wildman–Crippen MR) is 160 cm³/mol. The van der Waals surface area contributed by atoms with Crippen molar-refractivity contribution >= 4 is 47.3 Å². The molecule has 0 radical (unpaired) electrons. The molecule has 3 aliphatic rings. The van der Waals surface area contributed by atoms with Gasteiger partial charge in [0.25, 0.3) is 11.6 Å². The second kappa shape index (κ2) is 12.2. The van der Waals surface area contributed by atoms with E-state index in [4.69, 9.17) is 9.47 Å². The predicted octanol–water partition coefficient (Wildman–Crippen LogP) is 1.60. The normalized spacial score (nSPS) is 21.1. The van der Waals surface area contributed by atoms with Gasteiger partial charge in [-0.25, -0.2) is 9.48 Å². The fraction of sp³-hybridized carbons (Fsp3) is 0.345. The Morgan fingerprint density at radius 3 is 2.62 bits per heavy atom. The number of phenols is 1. The number of amides is 2. The Kier molecular flexibility index (Phi) is 8.28. The number of fused-ring (bicyclic) bond motifs is 2. The Balaban J connectivity index is 1.25. The number of methoxy groups -OCH3 is 1. The third-order valence-electron chi connectivity index (χ3n) is 7.91. The molecule has 2 amide bonds. The molecule has 0 saturated carbocycles. The van der Waals surface area contributed by atoms with Gasteiger partial charge in [0.15, 0.2) is 5.92 Å². The number of carbonyl (C=O) groups is 4. The van der Waals surface area contributed by atoms with Gasteiger partial charge in [0, 0.05) is 25.7 Å². The van der Waals surface area contributed by atoms with E-state index in [1.165, 1.54) is 65.1 Å². The number of rotatable bonds is 10. The van der Waals surface area contributed by atoms with Crippen LogP contribution in [-0.2, 0) is 43.8 Å². The number of ether oxygens (including phenoxy) is 2. The number of esters is 1. The molecule has 2 aliphatic heterocycles. The molecule has 16 heteroatoms. The average Bonchev–Trinajstić information content (AvgIpc) is 3.67. The van der Waals surface area contributed by atoms with Crippen LogP contribution in [0.1, 0.15) is 29.0 Å². The van der Waals surface area contributed by atoms with Crippen molar-refractivity contribution < 1.29 is 38.9 Å². The quantitative estimate of drug-likeness (QED) is 0.0717. The number of carboxylic acids is 1. The lowest BCUT2D eigenvalue weighted by Crippen LogP contribution is -2.81. The van der Waals surface area contributed by atoms with Crippen molar-refractivity contribution in [1.29, 1.82) is 0 Å². The van der Waals surface area contributed by atoms with Gasteiger partial charge in [-0.1, -0.05) is 30.0 Å². The summed E-state index contributed by atoms with van der Waals surface area (Å²) in [4.78, 5) is 54.6. The summed E-state index contributed by atoms with van der Waals surface area (Å²) in [7, 11) is 2.88. The zero-order valence-electron chi connectivity index (χ0n) is 24.1. The number of aliphatic carboxylic acids is 1. The van der Waals surface area contributed by atoms with Crippen LogP contribution in [0.3, 0.4) is 0 Å². The van der Waals surface area contributed by atoms with Gasteiger partial charge in [-0.3, -0.25) is 19.3 Å². The van der Waals surface area contributed by atoms with Crippen LogP contribution < -0.4 is 10.1 Å². The summed E-state index contributed by atoms with van der Waals surface area (Å²) in [6.45, 7) is 0. The maximum Gasteiger partial charge on any atom is 0.352 e. The summed E-state index contributed by atoms with van der Waals surface area (Å²) >= 11 is 2.44. The molecule has 1 saturated heterocycles. The lowest BCUT2D eigenvalue weighted by atomic mass is 9.94. The standard InChI is InChI=1S/C29H28N6O8S2/c1-34-28(31-32-33-34)45-14-18-13-44-27-29(42-2,26(41)35(27)22(18)24(38)39)30-23(37)21(16-6-9-19(36)10-7-16)25(40)43-20-11-8-15-4-3-5-17(15)12-20/h6-12,21,27,36H,3-5,13-14H2,1-2H3,(H,30,37)(H,38,39)/t21?,27-,29-/m0/s1. The van der Waals surface area contributed by atoms with E-state index in [9.17, 15) is 29.4 Å². The first-order valence-corrected chi connectivity index (χ1v) is 15.9. The van der Waals surface area contributed by atoms with E-state index >= 15 is 0 Å². The fourth-order valence-electron chi connectivity index (χ4n) is 5.65. The zero-order chi connectivity index (χ0) is 31.9. The van der Waals surface area contributed by atoms with E-state index < -0.39 is 40.8 Å². The largest absolute Gasteiger partial charge is 0.508 e. The minimum Gasteiger partial charge on any atom is -0.508 e. The maximum atomic E-state index is 13.9. The van der Waals surface area contributed by atoms with Crippen molar-refractivity contribution in [1.82, 2.24) is 30.4 Å². The van der Waals surface area contributed by atoms with Crippen LogP contribution in [-0.4, -0.2) is 88.8 Å². The smallest absolute Gasteiger partial charge is 0.352 e. The van der Waals surface area contributed by atoms with Crippen LogP contribution in [0.15, 0.2) is 58.9 Å². The molecule has 1 aromatic heterocycles. The topological polar surface area (TPSA) is 186 Å². The van der Waals surface area contributed by atoms with Crippen LogP contribution in [0.2, 0.25) is 0 Å². The number of thioether (sulfide) groups is 2. The highest BCUT2D eigenvalue weighted by Gasteiger charge is 2.67. The van der Waals surface area contributed by atoms with Crippen molar-refractivity contribution in [2.24, 2.45) is 7.05 Å². The number of benzene rings is 2. The van der Waals surface area contributed by atoms with Gasteiger partial charge in [-0.05, 0) is 76.2 Å². The summed E-state index contributed by atoms with van der Waals surface area (Å²) in [5, 5.41) is 33.3. The van der Waals surface area contributed by atoms with E-state index in [1.54, 1.807) is 19.2 Å². The van der Waals surface area contributed by atoms with E-state index in [0.717, 1.165) is 29.7 Å². The van der Waals surface area contributed by atoms with Crippen molar-refractivity contribution in [3.63, 3.8) is 0 Å². The molecule has 0 spiro atoms. The lowest BCUT2D eigenvalue weighted by molar-refractivity contribution is -0.193. The van der Waals surface area contributed by atoms with Gasteiger partial charge in [0.05, 0.1) is 0 Å². The van der Waals surface area contributed by atoms with E-state index in [2.05, 4.69) is 20.8 Å². The summed E-state index contributed by atoms with van der Waals surface area (Å²) in [5.74, 6) is -4.79. The van der Waals surface area contributed by atoms with E-state index in [0.29, 0.717) is 10.7 Å². The SMILES string of the molecule is CO[C@@]1(NC(=O)C(C(=O)Oc2ccc3c(c2)CCC3)c2ccc(O)cc2)C(=O)N2C(C(=O)O)=C(CSc3nnnn3C)CS[C@H]21. The summed E-state index contributed by atoms with van der Waals surface area (Å²) in [5.41, 5.74) is 0.793. The Morgan fingerprint density at radius 1 is 1.18 bits per heavy atom. The molecular weight excluding hydrogens is 624 g/mol. The number of hydrogen-bond acceptors (Lipinski definition) is 12. The maximum absolute atomic E-state index is 13.9. The lowest BCUT2D eigenvalue weighted by Gasteiger charge is -2.56. The van der Waals surface area contributed by atoms with Crippen molar-refractivity contribution in [3.05, 3.63) is 70.4 Å². The van der Waals surface area contributed by atoms with E-state index in [-0.39, 0.29) is 34.3 Å². The number of carbonyl (C=O) groups excluding carboxylic acids is 3. The van der Waals surface area contributed by atoms with Gasteiger partial charge >= 0.3 is 11.9 Å². The van der Waals surface area contributed by atoms with Crippen molar-refractivity contribution in [2.45, 2.75) is 41.4 Å². The van der Waals surface area contributed by atoms with Gasteiger partial charge in [0.1, 0.15) is 22.6 Å². The molecule has 234 valence electrons. The molecule has 1 aliphatic carbocycles. The molecule has 3 N–H and O–H groups in total. The Labute approximate surface area is 265 Å². The molecule has 3 atom stereocenters. The molecule has 3 heterocycles. The number of hydrogen-bond donors (Lipinski definition) is 3. The molecule has 45 heavy (non-hydrogen) atoms. The Hall–Kier alpha value is -4.41. The average molecular weight is 653 g/mol. The first-order valence-electron chi connectivity index (χ1n) is 13.9. The highest BCUT2D eigenvalue weighted by Crippen LogP contribution is 2.47. The van der Waals surface area contributed by atoms with Gasteiger partial charge in [0.2, 0.25) is 11.1 Å². The van der Waals surface area contributed by atoms with Gasteiger partial charge < -0.3 is 25.0 Å². The summed E-state index contributed by atoms with van der Waals surface area (Å²) < 4.78 is 12.7. The number of aromatic nitrogens is 4. The number of β-lactam (4-membered cyclic amide) rings is 1. The highest BCUT2D eigenvalue weighted by atomic mass is 32.2. The number of aromatic hydroxyl groups is 1. The number of carboxylic acid groups (broad SMARTS) is 1. The van der Waals surface area contributed by atoms with Gasteiger partial charge in [-0.15, -0.1) is 16.9 Å².